The lowest BCUT2D eigenvalue weighted by Gasteiger charge is -2.10. The number of halogens is 2. The summed E-state index contributed by atoms with van der Waals surface area (Å²) in [4.78, 5) is 9.85. The summed E-state index contributed by atoms with van der Waals surface area (Å²) in [5.74, 6) is 2.03. The van der Waals surface area contributed by atoms with Gasteiger partial charge in [0, 0.05) is 22.5 Å². The molecule has 0 radical (unpaired) electrons. The number of hydrogen-bond donors (Lipinski definition) is 2. The number of ether oxygens (including phenoxy) is 2. The fourth-order valence-corrected chi connectivity index (χ4v) is 4.96. The van der Waals surface area contributed by atoms with Crippen molar-refractivity contribution in [2.45, 2.75) is 15.5 Å². The van der Waals surface area contributed by atoms with Crippen LogP contribution in [0.2, 0.25) is 0 Å². The molecule has 2 aromatic carbocycles. The van der Waals surface area contributed by atoms with Crippen LogP contribution in [-0.4, -0.2) is 28.5 Å². The van der Waals surface area contributed by atoms with Gasteiger partial charge in [-0.05, 0) is 41.5 Å². The highest BCUT2D eigenvalue weighted by atomic mass is 127. The van der Waals surface area contributed by atoms with Gasteiger partial charge in [0.2, 0.25) is 0 Å². The van der Waals surface area contributed by atoms with Gasteiger partial charge in [-0.25, -0.2) is 9.98 Å². The topological polar surface area (TPSA) is 108 Å². The molecule has 4 rings (SSSR count). The van der Waals surface area contributed by atoms with Gasteiger partial charge in [-0.15, -0.1) is 11.3 Å². The van der Waals surface area contributed by atoms with E-state index in [1.54, 1.807) is 24.7 Å². The molecule has 178 valence electrons. The zero-order chi connectivity index (χ0) is 24.6. The highest BCUT2D eigenvalue weighted by Gasteiger charge is 2.13. The summed E-state index contributed by atoms with van der Waals surface area (Å²) in [6.07, 6.45) is 3.49. The smallest absolute Gasteiger partial charge is 0.172 e. The number of aromatic nitrogens is 3. The number of methoxy groups -OCH3 is 1. The Labute approximate surface area is 234 Å². The predicted molar refractivity (Wildman–Crippen MR) is 155 cm³/mol. The third-order valence-corrected chi connectivity index (χ3v) is 7.91. The Morgan fingerprint density at radius 3 is 2.83 bits per heavy atom. The van der Waals surface area contributed by atoms with E-state index in [4.69, 9.17) is 9.47 Å². The van der Waals surface area contributed by atoms with E-state index in [0.717, 1.165) is 30.0 Å². The van der Waals surface area contributed by atoms with Crippen LogP contribution in [0.25, 0.3) is 0 Å². The lowest BCUT2D eigenvalue weighted by atomic mass is 10.2. The molecule has 8 nitrogen and oxygen atoms in total. The summed E-state index contributed by atoms with van der Waals surface area (Å²) < 4.78 is 13.2. The van der Waals surface area contributed by atoms with E-state index in [0.29, 0.717) is 35.3 Å². The lowest BCUT2D eigenvalue weighted by Crippen LogP contribution is -1.97. The van der Waals surface area contributed by atoms with E-state index in [2.05, 4.69) is 82.8 Å². The molecule has 0 unspecified atom stereocenters. The van der Waals surface area contributed by atoms with Gasteiger partial charge in [0.1, 0.15) is 23.2 Å². The van der Waals surface area contributed by atoms with Crippen LogP contribution < -0.4 is 14.8 Å². The van der Waals surface area contributed by atoms with Gasteiger partial charge in [0.05, 0.1) is 16.4 Å². The predicted octanol–water partition coefficient (Wildman–Crippen LogP) is 6.69. The normalized spacial score (nSPS) is 10.9. The Bertz CT molecular complexity index is 1380. The van der Waals surface area contributed by atoms with Crippen molar-refractivity contribution in [3.63, 3.8) is 0 Å². The average molecular weight is 710 g/mol. The fourth-order valence-electron chi connectivity index (χ4n) is 3.14. The van der Waals surface area contributed by atoms with Crippen molar-refractivity contribution >= 4 is 80.1 Å². The summed E-state index contributed by atoms with van der Waals surface area (Å²) >= 11 is 6.24. The number of nitrogens with one attached hydrogen (secondary N) is 2. The summed E-state index contributed by atoms with van der Waals surface area (Å²) in [5.41, 5.74) is 3.17. The molecule has 2 aromatic heterocycles. The average Bonchev–Trinajstić information content (AvgIpc) is 3.52. The van der Waals surface area contributed by atoms with E-state index >= 15 is 0 Å². The number of anilines is 2. The molecule has 0 saturated heterocycles. The first-order valence-electron chi connectivity index (χ1n) is 10.4. The third-order valence-electron chi connectivity index (χ3n) is 4.82. The molecule has 0 aliphatic carbocycles. The molecule has 0 spiro atoms. The Kier molecular flexibility index (Phi) is 8.94. The summed E-state index contributed by atoms with van der Waals surface area (Å²) in [5, 5.41) is 21.0. The Morgan fingerprint density at radius 2 is 2.09 bits per heavy atom. The molecule has 11 heteroatoms. The molecule has 4 aromatic rings. The van der Waals surface area contributed by atoms with Gasteiger partial charge in [-0.2, -0.15) is 10.4 Å². The molecule has 0 amide bonds. The van der Waals surface area contributed by atoms with Crippen molar-refractivity contribution < 1.29 is 9.47 Å². The molecule has 2 N–H and O–H groups in total. The number of benzene rings is 2. The molecule has 0 aliphatic heterocycles. The van der Waals surface area contributed by atoms with Crippen LogP contribution in [0.3, 0.4) is 0 Å². The largest absolute Gasteiger partial charge is 0.493 e. The minimum Gasteiger partial charge on any atom is -0.493 e. The number of nitriles is 1. The quantitative estimate of drug-likeness (QED) is 0.108. The van der Waals surface area contributed by atoms with E-state index in [-0.39, 0.29) is 0 Å². The van der Waals surface area contributed by atoms with Crippen molar-refractivity contribution in [3.8, 4) is 17.6 Å². The standard InChI is InChI=1S/C24H20I2N6O2S/c1-33-21-8-16(5-6-20(21)34-14-18-13-28-22(10-26)35-18)12-29-23-19(11-27)24(32-31-23)30-17-4-2-3-15(7-17)9-25/h2-8,12-13H,9-10,14H2,1H3,(H2,30,31,32)/b29-12+. The minimum atomic E-state index is 0.337. The van der Waals surface area contributed by atoms with Gasteiger partial charge in [-0.3, -0.25) is 5.10 Å². The highest BCUT2D eigenvalue weighted by molar-refractivity contribution is 14.1. The number of thiazole rings is 1. The molecule has 0 saturated carbocycles. The van der Waals surface area contributed by atoms with Gasteiger partial charge >= 0.3 is 0 Å². The van der Waals surface area contributed by atoms with Crippen LogP contribution >= 0.6 is 56.5 Å². The second-order valence-electron chi connectivity index (χ2n) is 7.18. The van der Waals surface area contributed by atoms with Crippen molar-refractivity contribution in [1.29, 1.82) is 5.26 Å². The third kappa shape index (κ3) is 6.50. The second-order valence-corrected chi connectivity index (χ2v) is 9.90. The summed E-state index contributed by atoms with van der Waals surface area (Å²) in [6.45, 7) is 0.425. The number of H-pyrrole nitrogens is 1. The number of aromatic amines is 1. The maximum absolute atomic E-state index is 9.69. The number of nitrogens with zero attached hydrogens (tertiary/aromatic N) is 4. The molecule has 0 atom stereocenters. The lowest BCUT2D eigenvalue weighted by molar-refractivity contribution is 0.287. The van der Waals surface area contributed by atoms with Crippen LogP contribution in [0.5, 0.6) is 11.5 Å². The van der Waals surface area contributed by atoms with Crippen molar-refractivity contribution in [2.75, 3.05) is 12.4 Å². The Morgan fingerprint density at radius 1 is 1.20 bits per heavy atom. The molecular formula is C24H20I2N6O2S. The molecule has 0 bridgehead atoms. The second kappa shape index (κ2) is 12.3. The summed E-state index contributed by atoms with van der Waals surface area (Å²) in [6, 6.07) is 15.7. The molecular weight excluding hydrogens is 690 g/mol. The Hall–Kier alpha value is -2.70. The van der Waals surface area contributed by atoms with Crippen molar-refractivity contribution in [2.24, 2.45) is 4.99 Å². The van der Waals surface area contributed by atoms with E-state index in [1.165, 1.54) is 5.56 Å². The number of alkyl halides is 2. The SMILES string of the molecule is COc1cc(/C=N/c2[nH]nc(Nc3cccc(CI)c3)c2C#N)ccc1OCc1cnc(CI)s1. The van der Waals surface area contributed by atoms with Crippen LogP contribution in [0.1, 0.15) is 26.6 Å². The monoisotopic (exact) mass is 710 g/mol. The Balaban J connectivity index is 1.47. The van der Waals surface area contributed by atoms with Crippen LogP contribution in [0.4, 0.5) is 17.3 Å². The number of aliphatic imine (C=N–C) groups is 1. The first-order valence-corrected chi connectivity index (χ1v) is 14.2. The zero-order valence-electron chi connectivity index (χ0n) is 18.6. The van der Waals surface area contributed by atoms with Gasteiger partial charge in [0.15, 0.2) is 23.1 Å². The van der Waals surface area contributed by atoms with E-state index < -0.39 is 0 Å². The highest BCUT2D eigenvalue weighted by Crippen LogP contribution is 2.30. The number of hydrogen-bond acceptors (Lipinski definition) is 8. The summed E-state index contributed by atoms with van der Waals surface area (Å²) in [7, 11) is 1.59. The van der Waals surface area contributed by atoms with Crippen LogP contribution in [-0.2, 0) is 15.5 Å². The molecule has 35 heavy (non-hydrogen) atoms. The maximum atomic E-state index is 9.69. The molecule has 0 fully saturated rings. The first-order chi connectivity index (χ1) is 17.1. The van der Waals surface area contributed by atoms with Gasteiger partial charge in [0.25, 0.3) is 0 Å². The van der Waals surface area contributed by atoms with Crippen LogP contribution in [0, 0.1) is 11.3 Å². The zero-order valence-corrected chi connectivity index (χ0v) is 23.7. The first kappa shape index (κ1) is 25.4. The fraction of sp³-hybridized carbons (Fsp3) is 0.167. The van der Waals surface area contributed by atoms with E-state index in [9.17, 15) is 5.26 Å². The molecule has 2 heterocycles. The minimum absolute atomic E-state index is 0.337. The number of rotatable bonds is 10. The van der Waals surface area contributed by atoms with Crippen LogP contribution in [0.15, 0.2) is 53.7 Å². The van der Waals surface area contributed by atoms with E-state index in [1.807, 2.05) is 42.6 Å². The maximum Gasteiger partial charge on any atom is 0.172 e. The van der Waals surface area contributed by atoms with Gasteiger partial charge < -0.3 is 14.8 Å². The van der Waals surface area contributed by atoms with Crippen molar-refractivity contribution in [3.05, 3.63) is 75.2 Å². The van der Waals surface area contributed by atoms with Crippen molar-refractivity contribution in [1.82, 2.24) is 15.2 Å². The van der Waals surface area contributed by atoms with Gasteiger partial charge in [-0.1, -0.05) is 57.3 Å². The molecule has 0 aliphatic rings.